The van der Waals surface area contributed by atoms with Gasteiger partial charge in [-0.05, 0) is 30.3 Å². The van der Waals surface area contributed by atoms with Crippen LogP contribution in [0.3, 0.4) is 0 Å². The molecule has 2 aromatic heterocycles. The molecule has 0 saturated heterocycles. The fourth-order valence-electron chi connectivity index (χ4n) is 1.98. The Bertz CT molecular complexity index is 765. The lowest BCUT2D eigenvalue weighted by Gasteiger charge is -2.05. The van der Waals surface area contributed by atoms with Crippen molar-refractivity contribution in [3.8, 4) is 0 Å². The van der Waals surface area contributed by atoms with Crippen molar-refractivity contribution < 1.29 is 4.42 Å². The predicted molar refractivity (Wildman–Crippen MR) is 87.8 cm³/mol. The van der Waals surface area contributed by atoms with E-state index in [1.807, 2.05) is 30.3 Å². The topological polar surface area (TPSA) is 41.0 Å². The summed E-state index contributed by atoms with van der Waals surface area (Å²) in [5, 5.41) is 4.77. The van der Waals surface area contributed by atoms with Gasteiger partial charge in [-0.25, -0.2) is 0 Å². The van der Waals surface area contributed by atoms with Gasteiger partial charge in [-0.15, -0.1) is 12.6 Å². The molecule has 1 aromatic carbocycles. The average Bonchev–Trinajstić information content (AvgIpc) is 3.05. The first-order valence-electron chi connectivity index (χ1n) is 5.96. The predicted octanol–water partition coefficient (Wildman–Crippen LogP) is 4.17. The third-order valence-corrected chi connectivity index (χ3v) is 4.01. The van der Waals surface area contributed by atoms with E-state index in [0.717, 1.165) is 27.3 Å². The van der Waals surface area contributed by atoms with E-state index >= 15 is 0 Å². The van der Waals surface area contributed by atoms with Crippen molar-refractivity contribution >= 4 is 52.3 Å². The quantitative estimate of drug-likeness (QED) is 0.501. The van der Waals surface area contributed by atoms with Crippen LogP contribution in [-0.4, -0.2) is 9.97 Å². The van der Waals surface area contributed by atoms with Gasteiger partial charge in [-0.3, -0.25) is 0 Å². The number of nitrogens with one attached hydrogen (secondary N) is 2. The Kier molecular flexibility index (Phi) is 3.74. The number of aromatic amines is 1. The first-order valence-corrected chi connectivity index (χ1v) is 7.19. The van der Waals surface area contributed by atoms with Gasteiger partial charge in [-0.2, -0.15) is 0 Å². The van der Waals surface area contributed by atoms with Crippen LogP contribution in [0.1, 0.15) is 11.5 Å². The van der Waals surface area contributed by atoms with Crippen molar-refractivity contribution in [2.24, 2.45) is 0 Å². The summed E-state index contributed by atoms with van der Waals surface area (Å²) in [6.45, 7) is 0.537. The summed E-state index contributed by atoms with van der Waals surface area (Å²) in [6.07, 6.45) is 1.63. The maximum absolute atomic E-state index is 6.00. The molecular weight excluding hydrogens is 312 g/mol. The summed E-state index contributed by atoms with van der Waals surface area (Å²) in [5.74, 6) is 0.826. The minimum atomic E-state index is 0.537. The maximum atomic E-state index is 6.00. The zero-order valence-corrected chi connectivity index (χ0v) is 12.8. The molecule has 3 aromatic rings. The molecule has 0 saturated carbocycles. The van der Waals surface area contributed by atoms with Crippen LogP contribution in [0, 0.1) is 0 Å². The Morgan fingerprint density at radius 2 is 2.25 bits per heavy atom. The van der Waals surface area contributed by atoms with E-state index in [4.69, 9.17) is 28.2 Å². The second-order valence-electron chi connectivity index (χ2n) is 4.30. The molecule has 0 spiro atoms. The number of benzene rings is 1. The van der Waals surface area contributed by atoms with Gasteiger partial charge in [0.25, 0.3) is 0 Å². The van der Waals surface area contributed by atoms with Gasteiger partial charge in [0.1, 0.15) is 10.7 Å². The van der Waals surface area contributed by atoms with Crippen molar-refractivity contribution in [2.45, 2.75) is 11.4 Å². The van der Waals surface area contributed by atoms with Crippen LogP contribution in [0.25, 0.3) is 10.9 Å². The smallest absolute Gasteiger partial charge is 0.124 e. The summed E-state index contributed by atoms with van der Waals surface area (Å²) < 4.78 is 5.26. The zero-order chi connectivity index (χ0) is 14.1. The van der Waals surface area contributed by atoms with E-state index in [-0.39, 0.29) is 0 Å². The molecule has 0 amide bonds. The fraction of sp³-hybridized carbons (Fsp3) is 0.0714. The first-order chi connectivity index (χ1) is 9.65. The number of aromatic nitrogens is 1. The van der Waals surface area contributed by atoms with Crippen LogP contribution < -0.4 is 5.32 Å². The van der Waals surface area contributed by atoms with Crippen molar-refractivity contribution in [2.75, 3.05) is 0 Å². The Morgan fingerprint density at radius 3 is 3.00 bits per heavy atom. The Labute approximate surface area is 131 Å². The molecule has 0 bridgehead atoms. The molecule has 0 aliphatic carbocycles. The molecule has 6 heteroatoms. The highest BCUT2D eigenvalue weighted by molar-refractivity contribution is 7.82. The van der Waals surface area contributed by atoms with Crippen molar-refractivity contribution in [1.29, 1.82) is 0 Å². The van der Waals surface area contributed by atoms with Gasteiger partial charge in [0.2, 0.25) is 0 Å². The molecule has 0 fully saturated rings. The van der Waals surface area contributed by atoms with Crippen molar-refractivity contribution in [1.82, 2.24) is 10.3 Å². The molecule has 0 atom stereocenters. The molecule has 0 unspecified atom stereocenters. The number of H-pyrrole nitrogens is 1. The molecule has 20 heavy (non-hydrogen) atoms. The number of rotatable bonds is 3. The van der Waals surface area contributed by atoms with Crippen LogP contribution in [-0.2, 0) is 6.54 Å². The average molecular weight is 323 g/mol. The van der Waals surface area contributed by atoms with Crippen LogP contribution in [0.4, 0.5) is 0 Å². The second kappa shape index (κ2) is 5.52. The second-order valence-corrected chi connectivity index (χ2v) is 5.59. The lowest BCUT2D eigenvalue weighted by atomic mass is 10.2. The molecular formula is C14H11ClN2OS2. The SMILES string of the molecule is S=C(NCc1ccco1)c1[nH]c2ccc(Cl)cc2c1S. The summed E-state index contributed by atoms with van der Waals surface area (Å²) in [5.41, 5.74) is 1.74. The van der Waals surface area contributed by atoms with Gasteiger partial charge in [0, 0.05) is 20.8 Å². The monoisotopic (exact) mass is 322 g/mol. The molecule has 2 N–H and O–H groups in total. The van der Waals surface area contributed by atoms with Gasteiger partial charge in [0.05, 0.1) is 18.5 Å². The highest BCUT2D eigenvalue weighted by Crippen LogP contribution is 2.28. The molecule has 3 nitrogen and oxygen atoms in total. The summed E-state index contributed by atoms with van der Waals surface area (Å²) in [7, 11) is 0. The molecule has 3 rings (SSSR count). The Balaban J connectivity index is 1.86. The third-order valence-electron chi connectivity index (χ3n) is 2.96. The van der Waals surface area contributed by atoms with E-state index in [1.165, 1.54) is 0 Å². The van der Waals surface area contributed by atoms with E-state index in [1.54, 1.807) is 6.26 Å². The minimum Gasteiger partial charge on any atom is -0.467 e. The number of furan rings is 1. The number of thiocarbonyl (C=S) groups is 1. The van der Waals surface area contributed by atoms with E-state index in [2.05, 4.69) is 22.9 Å². The molecule has 0 radical (unpaired) electrons. The number of hydrogen-bond acceptors (Lipinski definition) is 3. The highest BCUT2D eigenvalue weighted by atomic mass is 35.5. The lowest BCUT2D eigenvalue weighted by molar-refractivity contribution is 0.503. The van der Waals surface area contributed by atoms with Gasteiger partial charge in [-0.1, -0.05) is 23.8 Å². The molecule has 102 valence electrons. The minimum absolute atomic E-state index is 0.537. The summed E-state index contributed by atoms with van der Waals surface area (Å²) in [4.78, 5) is 4.64. The summed E-state index contributed by atoms with van der Waals surface area (Å²) >= 11 is 15.9. The standard InChI is InChI=1S/C14H11ClN2OS2/c15-8-3-4-11-10(6-8)13(19)12(17-11)14(20)16-7-9-2-1-5-18-9/h1-6,17,19H,7H2,(H,16,20). The molecule has 0 aliphatic heterocycles. The third kappa shape index (κ3) is 2.57. The lowest BCUT2D eigenvalue weighted by Crippen LogP contribution is -2.22. The highest BCUT2D eigenvalue weighted by Gasteiger charge is 2.13. The Morgan fingerprint density at radius 1 is 1.40 bits per heavy atom. The van der Waals surface area contributed by atoms with E-state index < -0.39 is 0 Å². The van der Waals surface area contributed by atoms with E-state index in [9.17, 15) is 0 Å². The van der Waals surface area contributed by atoms with Crippen LogP contribution in [0.15, 0.2) is 45.9 Å². The van der Waals surface area contributed by atoms with E-state index in [0.29, 0.717) is 16.6 Å². The van der Waals surface area contributed by atoms with Crippen LogP contribution >= 0.6 is 36.4 Å². The zero-order valence-electron chi connectivity index (χ0n) is 10.3. The summed E-state index contributed by atoms with van der Waals surface area (Å²) in [6, 6.07) is 9.35. The molecule has 0 aliphatic rings. The normalized spacial score (nSPS) is 10.9. The fourth-order valence-corrected chi connectivity index (χ4v) is 2.81. The maximum Gasteiger partial charge on any atom is 0.124 e. The molecule has 2 heterocycles. The van der Waals surface area contributed by atoms with Gasteiger partial charge < -0.3 is 14.7 Å². The van der Waals surface area contributed by atoms with Gasteiger partial charge in [0.15, 0.2) is 0 Å². The number of hydrogen-bond donors (Lipinski definition) is 3. The van der Waals surface area contributed by atoms with Gasteiger partial charge >= 0.3 is 0 Å². The number of fused-ring (bicyclic) bond motifs is 1. The largest absolute Gasteiger partial charge is 0.467 e. The first kappa shape index (κ1) is 13.5. The van der Waals surface area contributed by atoms with Crippen LogP contribution in [0.2, 0.25) is 5.02 Å². The number of thiol groups is 1. The van der Waals surface area contributed by atoms with Crippen molar-refractivity contribution in [3.05, 3.63) is 53.1 Å². The van der Waals surface area contributed by atoms with Crippen molar-refractivity contribution in [3.63, 3.8) is 0 Å². The number of halogens is 1. The Hall–Kier alpha value is -1.43. The van der Waals surface area contributed by atoms with Crippen LogP contribution in [0.5, 0.6) is 0 Å².